The van der Waals surface area contributed by atoms with E-state index in [1.165, 1.54) is 70.6 Å². The molecule has 0 aliphatic rings. The lowest BCUT2D eigenvalue weighted by molar-refractivity contribution is -0.118. The summed E-state index contributed by atoms with van der Waals surface area (Å²) < 4.78 is 5.83. The number of aliphatic hydroxyl groups is 1. The van der Waals surface area contributed by atoms with Crippen molar-refractivity contribution in [1.82, 2.24) is 0 Å². The summed E-state index contributed by atoms with van der Waals surface area (Å²) in [6.07, 6.45) is 15.7. The van der Waals surface area contributed by atoms with Gasteiger partial charge in [0.05, 0.1) is 18.9 Å². The molecule has 4 N–H and O–H groups in total. The zero-order valence-electron chi connectivity index (χ0n) is 17.6. The van der Waals surface area contributed by atoms with Gasteiger partial charge in [-0.2, -0.15) is 0 Å². The Bertz CT molecular complexity index is 522. The third kappa shape index (κ3) is 11.3. The molecular formula is C23H40N2O3. The van der Waals surface area contributed by atoms with Crippen LogP contribution in [0.5, 0.6) is 5.75 Å². The molecule has 5 nitrogen and oxygen atoms in total. The highest BCUT2D eigenvalue weighted by Gasteiger charge is 2.14. The van der Waals surface area contributed by atoms with E-state index in [0.717, 1.165) is 6.42 Å². The molecule has 0 aromatic heterocycles. The van der Waals surface area contributed by atoms with Gasteiger partial charge in [-0.1, -0.05) is 89.7 Å². The Hall–Kier alpha value is -1.59. The van der Waals surface area contributed by atoms with Gasteiger partial charge in [-0.25, -0.2) is 0 Å². The summed E-state index contributed by atoms with van der Waals surface area (Å²) in [5, 5.41) is 11.7. The largest absolute Gasteiger partial charge is 0.491 e. The Kier molecular flexibility index (Phi) is 14.3. The number of carbonyl (C=O) groups excluding carboxylic acids is 1. The fourth-order valence-electron chi connectivity index (χ4n) is 3.13. The van der Waals surface area contributed by atoms with Crippen LogP contribution in [0.1, 0.15) is 84.0 Å². The first-order valence-corrected chi connectivity index (χ1v) is 11.1. The number of hydrogen-bond acceptors (Lipinski definition) is 4. The molecular weight excluding hydrogens is 352 g/mol. The normalized spacial score (nSPS) is 12.0. The number of para-hydroxylation sites is 2. The number of amides is 1. The monoisotopic (exact) mass is 392 g/mol. The molecule has 1 aromatic carbocycles. The summed E-state index contributed by atoms with van der Waals surface area (Å²) in [7, 11) is 0. The number of rotatable bonds is 17. The van der Waals surface area contributed by atoms with Gasteiger partial charge in [-0.15, -0.1) is 0 Å². The van der Waals surface area contributed by atoms with E-state index in [9.17, 15) is 4.79 Å². The summed E-state index contributed by atoms with van der Waals surface area (Å²) in [5.74, 6) is 0.230. The highest BCUT2D eigenvalue weighted by Crippen LogP contribution is 2.24. The molecule has 28 heavy (non-hydrogen) atoms. The van der Waals surface area contributed by atoms with Crippen LogP contribution >= 0.6 is 0 Å². The number of hydrogen-bond donors (Lipinski definition) is 3. The minimum absolute atomic E-state index is 0.381. The molecule has 5 heteroatoms. The molecule has 160 valence electrons. The molecule has 1 atom stereocenters. The molecule has 1 unspecified atom stereocenters. The Balaban J connectivity index is 2.08. The second-order valence-electron chi connectivity index (χ2n) is 7.51. The van der Waals surface area contributed by atoms with Crippen molar-refractivity contribution in [3.05, 3.63) is 24.3 Å². The van der Waals surface area contributed by atoms with Gasteiger partial charge in [-0.05, 0) is 18.6 Å². The number of benzene rings is 1. The quantitative estimate of drug-likeness (QED) is 0.325. The van der Waals surface area contributed by atoms with Crippen LogP contribution in [0.2, 0.25) is 0 Å². The van der Waals surface area contributed by atoms with Gasteiger partial charge in [0.15, 0.2) is 0 Å². The minimum Gasteiger partial charge on any atom is -0.491 e. The first-order chi connectivity index (χ1) is 13.7. The predicted octanol–water partition coefficient (Wildman–Crippen LogP) is 5.02. The van der Waals surface area contributed by atoms with Crippen molar-refractivity contribution in [2.45, 2.75) is 90.0 Å². The SMILES string of the molecule is CCCCCCCCCCCCCCOc1ccccc1NC(=O)C(N)CO. The van der Waals surface area contributed by atoms with Crippen LogP contribution in [-0.4, -0.2) is 30.3 Å². The molecule has 1 aromatic rings. The molecule has 0 bridgehead atoms. The minimum atomic E-state index is -0.926. The third-order valence-electron chi connectivity index (χ3n) is 4.93. The summed E-state index contributed by atoms with van der Waals surface area (Å²) in [4.78, 5) is 11.8. The molecule has 0 spiro atoms. The van der Waals surface area contributed by atoms with E-state index in [0.29, 0.717) is 18.0 Å². The Morgan fingerprint density at radius 3 is 2.07 bits per heavy atom. The van der Waals surface area contributed by atoms with E-state index in [1.54, 1.807) is 6.07 Å². The number of nitrogens with one attached hydrogen (secondary N) is 1. The van der Waals surface area contributed by atoms with Gasteiger partial charge >= 0.3 is 0 Å². The molecule has 0 saturated carbocycles. The van der Waals surface area contributed by atoms with E-state index in [1.807, 2.05) is 18.2 Å². The van der Waals surface area contributed by atoms with Gasteiger partial charge in [0.2, 0.25) is 5.91 Å². The van der Waals surface area contributed by atoms with Gasteiger partial charge in [0.1, 0.15) is 11.8 Å². The van der Waals surface area contributed by atoms with Crippen LogP contribution in [0, 0.1) is 0 Å². The maximum atomic E-state index is 11.8. The van der Waals surface area contributed by atoms with E-state index in [4.69, 9.17) is 15.6 Å². The molecule has 0 aliphatic carbocycles. The number of ether oxygens (including phenoxy) is 1. The van der Waals surface area contributed by atoms with Crippen LogP contribution in [-0.2, 0) is 4.79 Å². The standard InChI is InChI=1S/C23H40N2O3/c1-2-3-4-5-6-7-8-9-10-11-12-15-18-28-22-17-14-13-16-21(22)25-23(27)20(24)19-26/h13-14,16-17,20,26H,2-12,15,18-19,24H2,1H3,(H,25,27). The first kappa shape index (κ1) is 24.4. The smallest absolute Gasteiger partial charge is 0.243 e. The number of carbonyl (C=O) groups is 1. The van der Waals surface area contributed by atoms with Crippen LogP contribution < -0.4 is 15.8 Å². The number of unbranched alkanes of at least 4 members (excludes halogenated alkanes) is 11. The Labute approximate surface area is 171 Å². The van der Waals surface area contributed by atoms with Crippen molar-refractivity contribution in [2.75, 3.05) is 18.5 Å². The first-order valence-electron chi connectivity index (χ1n) is 11.1. The molecule has 0 heterocycles. The average Bonchev–Trinajstić information content (AvgIpc) is 2.71. The summed E-state index contributed by atoms with van der Waals surface area (Å²) >= 11 is 0. The van der Waals surface area contributed by atoms with Gasteiger partial charge in [0, 0.05) is 0 Å². The van der Waals surface area contributed by atoms with E-state index >= 15 is 0 Å². The molecule has 0 fully saturated rings. The van der Waals surface area contributed by atoms with Crippen molar-refractivity contribution in [2.24, 2.45) is 5.73 Å². The molecule has 1 rings (SSSR count). The fraction of sp³-hybridized carbons (Fsp3) is 0.696. The second kappa shape index (κ2) is 16.4. The molecule has 0 saturated heterocycles. The summed E-state index contributed by atoms with van der Waals surface area (Å²) in [5.41, 5.74) is 6.13. The zero-order valence-corrected chi connectivity index (χ0v) is 17.6. The number of aliphatic hydroxyl groups excluding tert-OH is 1. The lowest BCUT2D eigenvalue weighted by atomic mass is 10.1. The van der Waals surface area contributed by atoms with Crippen LogP contribution in [0.15, 0.2) is 24.3 Å². The van der Waals surface area contributed by atoms with E-state index in [2.05, 4.69) is 12.2 Å². The lowest BCUT2D eigenvalue weighted by Crippen LogP contribution is -2.38. The zero-order chi connectivity index (χ0) is 20.5. The van der Waals surface area contributed by atoms with Gasteiger partial charge < -0.3 is 20.9 Å². The van der Waals surface area contributed by atoms with Gasteiger partial charge in [0.25, 0.3) is 0 Å². The van der Waals surface area contributed by atoms with Crippen molar-refractivity contribution < 1.29 is 14.6 Å². The van der Waals surface area contributed by atoms with Gasteiger partial charge in [-0.3, -0.25) is 4.79 Å². The fourth-order valence-corrected chi connectivity index (χ4v) is 3.13. The van der Waals surface area contributed by atoms with Crippen LogP contribution in [0.25, 0.3) is 0 Å². The van der Waals surface area contributed by atoms with Crippen molar-refractivity contribution in [1.29, 1.82) is 0 Å². The topological polar surface area (TPSA) is 84.6 Å². The number of nitrogens with two attached hydrogens (primary N) is 1. The van der Waals surface area contributed by atoms with Crippen molar-refractivity contribution in [3.8, 4) is 5.75 Å². The van der Waals surface area contributed by atoms with E-state index < -0.39 is 11.9 Å². The Morgan fingerprint density at radius 1 is 0.964 bits per heavy atom. The highest BCUT2D eigenvalue weighted by molar-refractivity contribution is 5.96. The molecule has 0 radical (unpaired) electrons. The average molecular weight is 393 g/mol. The summed E-state index contributed by atoms with van der Waals surface area (Å²) in [6.45, 7) is 2.51. The third-order valence-corrected chi connectivity index (χ3v) is 4.93. The van der Waals surface area contributed by atoms with Crippen LogP contribution in [0.4, 0.5) is 5.69 Å². The number of anilines is 1. The highest BCUT2D eigenvalue weighted by atomic mass is 16.5. The lowest BCUT2D eigenvalue weighted by Gasteiger charge is -2.14. The maximum Gasteiger partial charge on any atom is 0.243 e. The molecule has 0 aliphatic heterocycles. The predicted molar refractivity (Wildman–Crippen MR) is 117 cm³/mol. The van der Waals surface area contributed by atoms with Crippen molar-refractivity contribution >= 4 is 11.6 Å². The maximum absolute atomic E-state index is 11.8. The Morgan fingerprint density at radius 2 is 1.50 bits per heavy atom. The second-order valence-corrected chi connectivity index (χ2v) is 7.51. The van der Waals surface area contributed by atoms with Crippen LogP contribution in [0.3, 0.4) is 0 Å². The molecule has 1 amide bonds. The summed E-state index contributed by atoms with van der Waals surface area (Å²) in [6, 6.07) is 6.39. The van der Waals surface area contributed by atoms with E-state index in [-0.39, 0.29) is 6.61 Å². The van der Waals surface area contributed by atoms with Crippen molar-refractivity contribution in [3.63, 3.8) is 0 Å².